The van der Waals surface area contributed by atoms with E-state index in [4.69, 9.17) is 4.74 Å². The molecule has 1 N–H and O–H groups in total. The first-order chi connectivity index (χ1) is 10.2. The monoisotopic (exact) mass is 324 g/mol. The van der Waals surface area contributed by atoms with Crippen molar-refractivity contribution < 1.29 is 19.6 Å². The first-order valence-electron chi connectivity index (χ1n) is 6.54. The molecule has 22 heavy (non-hydrogen) atoms. The Labute approximate surface area is 131 Å². The predicted molar refractivity (Wildman–Crippen MR) is 83.4 cm³/mol. The Morgan fingerprint density at radius 3 is 2.82 bits per heavy atom. The summed E-state index contributed by atoms with van der Waals surface area (Å²) < 4.78 is 4.28. The van der Waals surface area contributed by atoms with Gasteiger partial charge in [-0.3, -0.25) is 15.1 Å². The number of carbonyl (C=O) groups is 1. The highest BCUT2D eigenvalue weighted by atomic mass is 32.2. The molecule has 2 rings (SSSR count). The molecule has 0 spiro atoms. The van der Waals surface area contributed by atoms with Crippen molar-refractivity contribution in [2.75, 3.05) is 7.11 Å². The molecule has 0 bridgehead atoms. The third kappa shape index (κ3) is 3.22. The fourth-order valence-electron chi connectivity index (χ4n) is 2.21. The molecule has 0 aromatic heterocycles. The number of nitro groups is 1. The second-order valence-electron chi connectivity index (χ2n) is 5.40. The van der Waals surface area contributed by atoms with E-state index in [1.54, 1.807) is 0 Å². The second kappa shape index (κ2) is 5.96. The average molecular weight is 324 g/mol. The van der Waals surface area contributed by atoms with Crippen molar-refractivity contribution in [3.63, 3.8) is 0 Å². The lowest BCUT2D eigenvalue weighted by Crippen LogP contribution is -2.35. The van der Waals surface area contributed by atoms with E-state index >= 15 is 0 Å². The molecule has 1 aliphatic heterocycles. The summed E-state index contributed by atoms with van der Waals surface area (Å²) in [4.78, 5) is 26.4. The maximum Gasteiger partial charge on any atom is 0.332 e. The van der Waals surface area contributed by atoms with Crippen molar-refractivity contribution in [2.45, 2.75) is 31.1 Å². The number of methoxy groups -OCH3 is 1. The van der Waals surface area contributed by atoms with E-state index in [0.717, 1.165) is 0 Å². The van der Waals surface area contributed by atoms with Gasteiger partial charge in [-0.1, -0.05) is 0 Å². The van der Waals surface area contributed by atoms with Gasteiger partial charge in [-0.2, -0.15) is 0 Å². The highest BCUT2D eigenvalue weighted by molar-refractivity contribution is 8.15. The Morgan fingerprint density at radius 1 is 1.55 bits per heavy atom. The number of carbonyl (C=O) groups excluding carboxylic acids is 1. The lowest BCUT2D eigenvalue weighted by atomic mass is 10.0. The maximum absolute atomic E-state index is 11.8. The fourth-order valence-corrected chi connectivity index (χ4v) is 3.46. The predicted octanol–water partition coefficient (Wildman–Crippen LogP) is 2.31. The molecule has 0 radical (unpaired) electrons. The van der Waals surface area contributed by atoms with Crippen molar-refractivity contribution in [2.24, 2.45) is 4.99 Å². The van der Waals surface area contributed by atoms with Crippen LogP contribution in [0.25, 0.3) is 0 Å². The van der Waals surface area contributed by atoms with Gasteiger partial charge in [-0.15, -0.1) is 11.8 Å². The quantitative estimate of drug-likeness (QED) is 0.518. The van der Waals surface area contributed by atoms with Crippen LogP contribution < -0.4 is 0 Å². The number of aliphatic imine (C=N–C) groups is 1. The third-order valence-corrected chi connectivity index (χ3v) is 4.59. The van der Waals surface area contributed by atoms with E-state index in [1.165, 1.54) is 37.1 Å². The van der Waals surface area contributed by atoms with Crippen molar-refractivity contribution in [3.8, 4) is 5.75 Å². The number of nitrogens with zero attached hydrogens (tertiary/aromatic N) is 2. The molecule has 1 aromatic rings. The smallest absolute Gasteiger partial charge is 0.332 e. The second-order valence-corrected chi connectivity index (χ2v) is 7.13. The summed E-state index contributed by atoms with van der Waals surface area (Å²) in [5.74, 6) is -0.455. The highest BCUT2D eigenvalue weighted by Gasteiger charge is 2.42. The molecule has 0 saturated carbocycles. The number of phenols is 1. The van der Waals surface area contributed by atoms with Crippen molar-refractivity contribution in [1.82, 2.24) is 0 Å². The largest absolute Gasteiger partial charge is 0.508 e. The number of benzene rings is 1. The molecule has 118 valence electrons. The lowest BCUT2D eigenvalue weighted by Gasteiger charge is -2.21. The Morgan fingerprint density at radius 2 is 2.23 bits per heavy atom. The molecule has 0 fully saturated rings. The number of thioether (sulfide) groups is 1. The summed E-state index contributed by atoms with van der Waals surface area (Å²) in [6.07, 6.45) is 0.231. The number of phenolic OH excluding ortho intramolecular Hbond substituents is 1. The number of aromatic hydroxyl groups is 1. The van der Waals surface area contributed by atoms with Crippen LogP contribution in [-0.4, -0.2) is 38.9 Å². The molecule has 1 heterocycles. The zero-order chi connectivity index (χ0) is 16.5. The van der Waals surface area contributed by atoms with Gasteiger partial charge in [0.25, 0.3) is 5.69 Å². The Kier molecular flexibility index (Phi) is 4.41. The van der Waals surface area contributed by atoms with Crippen LogP contribution in [0.15, 0.2) is 23.2 Å². The molecule has 0 saturated heterocycles. The molecule has 1 aliphatic rings. The maximum atomic E-state index is 11.8. The Bertz CT molecular complexity index is 657. The van der Waals surface area contributed by atoms with Crippen LogP contribution in [0.3, 0.4) is 0 Å². The lowest BCUT2D eigenvalue weighted by molar-refractivity contribution is -0.384. The van der Waals surface area contributed by atoms with Gasteiger partial charge in [-0.25, -0.2) is 4.79 Å². The minimum atomic E-state index is -0.627. The van der Waals surface area contributed by atoms with Gasteiger partial charge in [0.2, 0.25) is 0 Å². The van der Waals surface area contributed by atoms with Gasteiger partial charge in [0.05, 0.1) is 17.1 Å². The molecule has 8 heteroatoms. The van der Waals surface area contributed by atoms with Gasteiger partial charge in [0.1, 0.15) is 5.75 Å². The molecule has 0 unspecified atom stereocenters. The Balaban J connectivity index is 2.26. The van der Waals surface area contributed by atoms with E-state index in [-0.39, 0.29) is 17.9 Å². The number of rotatable bonds is 4. The number of non-ortho nitro benzene ring substituents is 1. The molecule has 0 amide bonds. The summed E-state index contributed by atoms with van der Waals surface area (Å²) in [5.41, 5.74) is 0.307. The van der Waals surface area contributed by atoms with Crippen LogP contribution in [0.2, 0.25) is 0 Å². The number of nitro benzene ring substituents is 1. The molecule has 1 aromatic carbocycles. The van der Waals surface area contributed by atoms with Crippen molar-refractivity contribution in [3.05, 3.63) is 33.9 Å². The highest BCUT2D eigenvalue weighted by Crippen LogP contribution is 2.40. The summed E-state index contributed by atoms with van der Waals surface area (Å²) in [6.45, 7) is 3.76. The summed E-state index contributed by atoms with van der Waals surface area (Å²) in [7, 11) is 1.31. The standard InChI is InChI=1S/C14H16N2O5S/c1-14(2)12(13(18)21-3)15-11(22-14)7-8-6-9(16(19)20)4-5-10(8)17/h4-6,12,17H,7H2,1-3H3/t12-/m0/s1. The van der Waals surface area contributed by atoms with E-state index < -0.39 is 21.7 Å². The van der Waals surface area contributed by atoms with Crippen LogP contribution >= 0.6 is 11.8 Å². The zero-order valence-corrected chi connectivity index (χ0v) is 13.2. The van der Waals surface area contributed by atoms with Crippen molar-refractivity contribution >= 4 is 28.5 Å². The summed E-state index contributed by atoms with van der Waals surface area (Å²) in [6, 6.07) is 3.22. The van der Waals surface area contributed by atoms with E-state index in [1.807, 2.05) is 13.8 Å². The number of hydrogen-bond acceptors (Lipinski definition) is 7. The zero-order valence-electron chi connectivity index (χ0n) is 12.4. The summed E-state index contributed by atoms with van der Waals surface area (Å²) in [5, 5.41) is 21.3. The minimum absolute atomic E-state index is 0.0341. The summed E-state index contributed by atoms with van der Waals surface area (Å²) >= 11 is 1.41. The molecule has 1 atom stereocenters. The third-order valence-electron chi connectivity index (χ3n) is 3.35. The molecular formula is C14H16N2O5S. The number of esters is 1. The van der Waals surface area contributed by atoms with Gasteiger partial charge in [-0.05, 0) is 19.9 Å². The normalized spacial score (nSPS) is 19.6. The minimum Gasteiger partial charge on any atom is -0.508 e. The van der Waals surface area contributed by atoms with Gasteiger partial charge in [0, 0.05) is 28.9 Å². The van der Waals surface area contributed by atoms with Crippen LogP contribution in [0.5, 0.6) is 5.75 Å². The van der Waals surface area contributed by atoms with Crippen molar-refractivity contribution in [1.29, 1.82) is 0 Å². The number of hydrogen-bond donors (Lipinski definition) is 1. The van der Waals surface area contributed by atoms with Gasteiger partial charge in [0.15, 0.2) is 6.04 Å². The van der Waals surface area contributed by atoms with E-state index in [2.05, 4.69) is 4.99 Å². The molecular weight excluding hydrogens is 308 g/mol. The van der Waals surface area contributed by atoms with Gasteiger partial charge < -0.3 is 9.84 Å². The Hall–Kier alpha value is -2.09. The molecule has 7 nitrogen and oxygen atoms in total. The first kappa shape index (κ1) is 16.3. The van der Waals surface area contributed by atoms with Gasteiger partial charge >= 0.3 is 5.97 Å². The van der Waals surface area contributed by atoms with E-state index in [9.17, 15) is 20.0 Å². The van der Waals surface area contributed by atoms with Crippen LogP contribution in [0, 0.1) is 10.1 Å². The van der Waals surface area contributed by atoms with E-state index in [0.29, 0.717) is 10.6 Å². The van der Waals surface area contributed by atoms with Crippen LogP contribution in [0.4, 0.5) is 5.69 Å². The average Bonchev–Trinajstić information content (AvgIpc) is 2.74. The van der Waals surface area contributed by atoms with Crippen LogP contribution in [0.1, 0.15) is 19.4 Å². The fraction of sp³-hybridized carbons (Fsp3) is 0.429. The van der Waals surface area contributed by atoms with Crippen LogP contribution in [-0.2, 0) is 16.0 Å². The topological polar surface area (TPSA) is 102 Å². The SMILES string of the molecule is COC(=O)[C@@H]1N=C(Cc2cc([N+](=O)[O-])ccc2O)SC1(C)C. The first-order valence-corrected chi connectivity index (χ1v) is 7.36. The molecule has 0 aliphatic carbocycles. The number of ether oxygens (including phenoxy) is 1.